The number of nitrogens with one attached hydrogen (secondary N) is 2. The van der Waals surface area contributed by atoms with Gasteiger partial charge < -0.3 is 10.4 Å². The van der Waals surface area contributed by atoms with Gasteiger partial charge in [0.15, 0.2) is 0 Å². The summed E-state index contributed by atoms with van der Waals surface area (Å²) in [6.07, 6.45) is 0.263. The van der Waals surface area contributed by atoms with Gasteiger partial charge in [-0.3, -0.25) is 9.89 Å². The predicted octanol–water partition coefficient (Wildman–Crippen LogP) is 3.72. The molecule has 1 aromatic heterocycles. The zero-order valence-corrected chi connectivity index (χ0v) is 15.9. The summed E-state index contributed by atoms with van der Waals surface area (Å²) in [6.45, 7) is 6.26. The maximum atomic E-state index is 12.5. The van der Waals surface area contributed by atoms with Crippen LogP contribution in [0.15, 0.2) is 48.5 Å². The van der Waals surface area contributed by atoms with E-state index in [1.54, 1.807) is 6.92 Å². The Hall–Kier alpha value is -2.92. The first-order valence-electron chi connectivity index (χ1n) is 9.13. The van der Waals surface area contributed by atoms with E-state index in [1.807, 2.05) is 62.4 Å². The molecule has 0 radical (unpaired) electrons. The van der Waals surface area contributed by atoms with Crippen LogP contribution in [0.3, 0.4) is 0 Å². The predicted molar refractivity (Wildman–Crippen MR) is 107 cm³/mol. The maximum Gasteiger partial charge on any atom is 0.251 e. The molecule has 0 bridgehead atoms. The van der Waals surface area contributed by atoms with E-state index in [9.17, 15) is 9.90 Å². The third-order valence-electron chi connectivity index (χ3n) is 4.79. The monoisotopic (exact) mass is 363 g/mol. The molecule has 0 unspecified atom stereocenters. The number of aliphatic hydroxyl groups is 1. The van der Waals surface area contributed by atoms with Crippen molar-refractivity contribution >= 4 is 5.91 Å². The SMILES string of the molecule is Cc1n[nH]c(C)c1CCNC(=O)c1cccc(-c2ccc([C@@H](C)O)cc2)c1. The number of amides is 1. The van der Waals surface area contributed by atoms with E-state index in [0.29, 0.717) is 12.1 Å². The van der Waals surface area contributed by atoms with E-state index in [4.69, 9.17) is 0 Å². The first-order chi connectivity index (χ1) is 13.0. The Labute approximate surface area is 159 Å². The van der Waals surface area contributed by atoms with Crippen LogP contribution in [0.2, 0.25) is 0 Å². The maximum absolute atomic E-state index is 12.5. The molecular weight excluding hydrogens is 338 g/mol. The van der Waals surface area contributed by atoms with Crippen LogP contribution in [0.5, 0.6) is 0 Å². The highest BCUT2D eigenvalue weighted by Gasteiger charge is 2.10. The van der Waals surface area contributed by atoms with E-state index in [1.165, 1.54) is 0 Å². The van der Waals surface area contributed by atoms with Gasteiger partial charge in [0.25, 0.3) is 5.91 Å². The van der Waals surface area contributed by atoms with Crippen molar-refractivity contribution in [3.8, 4) is 11.1 Å². The number of aromatic amines is 1. The summed E-state index contributed by atoms with van der Waals surface area (Å²) < 4.78 is 0. The van der Waals surface area contributed by atoms with Gasteiger partial charge in [-0.15, -0.1) is 0 Å². The van der Waals surface area contributed by atoms with E-state index in [-0.39, 0.29) is 5.91 Å². The van der Waals surface area contributed by atoms with Crippen molar-refractivity contribution in [2.45, 2.75) is 33.3 Å². The minimum Gasteiger partial charge on any atom is -0.389 e. The van der Waals surface area contributed by atoms with E-state index >= 15 is 0 Å². The Morgan fingerprint density at radius 1 is 1.15 bits per heavy atom. The minimum absolute atomic E-state index is 0.0868. The summed E-state index contributed by atoms with van der Waals surface area (Å²) >= 11 is 0. The van der Waals surface area contributed by atoms with Gasteiger partial charge in [0, 0.05) is 17.8 Å². The number of benzene rings is 2. The molecule has 5 heteroatoms. The van der Waals surface area contributed by atoms with Crippen LogP contribution < -0.4 is 5.32 Å². The van der Waals surface area contributed by atoms with Gasteiger partial charge in [-0.25, -0.2) is 0 Å². The third kappa shape index (κ3) is 4.44. The fraction of sp³-hybridized carbons (Fsp3) is 0.273. The second-order valence-corrected chi connectivity index (χ2v) is 6.80. The molecule has 5 nitrogen and oxygen atoms in total. The fourth-order valence-corrected chi connectivity index (χ4v) is 3.14. The molecule has 2 aromatic carbocycles. The lowest BCUT2D eigenvalue weighted by atomic mass is 10.0. The highest BCUT2D eigenvalue weighted by Crippen LogP contribution is 2.23. The molecule has 3 rings (SSSR count). The largest absolute Gasteiger partial charge is 0.389 e. The highest BCUT2D eigenvalue weighted by atomic mass is 16.3. The van der Waals surface area contributed by atoms with Crippen molar-refractivity contribution in [1.29, 1.82) is 0 Å². The number of hydrogen-bond acceptors (Lipinski definition) is 3. The molecular formula is C22H25N3O2. The van der Waals surface area contributed by atoms with Gasteiger partial charge in [0.1, 0.15) is 0 Å². The first-order valence-corrected chi connectivity index (χ1v) is 9.13. The van der Waals surface area contributed by atoms with Crippen molar-refractivity contribution in [1.82, 2.24) is 15.5 Å². The van der Waals surface area contributed by atoms with Gasteiger partial charge >= 0.3 is 0 Å². The Kier molecular flexibility index (Phi) is 5.72. The normalized spacial score (nSPS) is 12.0. The molecule has 0 aliphatic rings. The molecule has 27 heavy (non-hydrogen) atoms. The number of aryl methyl sites for hydroxylation is 2. The zero-order valence-electron chi connectivity index (χ0n) is 15.9. The molecule has 0 spiro atoms. The molecule has 1 amide bonds. The molecule has 140 valence electrons. The molecule has 1 atom stereocenters. The molecule has 0 saturated heterocycles. The molecule has 0 aliphatic heterocycles. The van der Waals surface area contributed by atoms with Crippen LogP contribution in [-0.4, -0.2) is 27.8 Å². The summed E-state index contributed by atoms with van der Waals surface area (Å²) in [4.78, 5) is 12.5. The topological polar surface area (TPSA) is 78.0 Å². The summed E-state index contributed by atoms with van der Waals surface area (Å²) in [5.74, 6) is -0.0868. The average molecular weight is 363 g/mol. The van der Waals surface area contributed by atoms with Gasteiger partial charge in [-0.2, -0.15) is 5.10 Å². The molecule has 0 fully saturated rings. The Balaban J connectivity index is 1.66. The Morgan fingerprint density at radius 2 is 1.89 bits per heavy atom. The van der Waals surface area contributed by atoms with Crippen LogP contribution in [0.25, 0.3) is 11.1 Å². The summed E-state index contributed by atoms with van der Waals surface area (Å²) in [6, 6.07) is 15.3. The number of H-pyrrole nitrogens is 1. The lowest BCUT2D eigenvalue weighted by Crippen LogP contribution is -2.25. The van der Waals surface area contributed by atoms with Gasteiger partial charge in [-0.05, 0) is 61.6 Å². The van der Waals surface area contributed by atoms with Crippen LogP contribution in [0, 0.1) is 13.8 Å². The fourth-order valence-electron chi connectivity index (χ4n) is 3.14. The lowest BCUT2D eigenvalue weighted by Gasteiger charge is -2.09. The Bertz CT molecular complexity index is 907. The molecule has 3 N–H and O–H groups in total. The lowest BCUT2D eigenvalue weighted by molar-refractivity contribution is 0.0954. The summed E-state index contributed by atoms with van der Waals surface area (Å²) in [5.41, 5.74) is 6.67. The van der Waals surface area contributed by atoms with Gasteiger partial charge in [0.05, 0.1) is 11.8 Å². The number of carbonyl (C=O) groups is 1. The second kappa shape index (κ2) is 8.18. The quantitative estimate of drug-likeness (QED) is 0.625. The smallest absolute Gasteiger partial charge is 0.251 e. The summed E-state index contributed by atoms with van der Waals surface area (Å²) in [5, 5.41) is 19.8. The number of carbonyl (C=O) groups excluding carboxylic acids is 1. The van der Waals surface area contributed by atoms with Crippen molar-refractivity contribution in [3.05, 3.63) is 76.6 Å². The van der Waals surface area contributed by atoms with Crippen molar-refractivity contribution < 1.29 is 9.90 Å². The minimum atomic E-state index is -0.487. The van der Waals surface area contributed by atoms with E-state index in [0.717, 1.165) is 40.1 Å². The number of rotatable bonds is 6. The van der Waals surface area contributed by atoms with Crippen molar-refractivity contribution in [2.24, 2.45) is 0 Å². The van der Waals surface area contributed by atoms with Crippen molar-refractivity contribution in [3.63, 3.8) is 0 Å². The van der Waals surface area contributed by atoms with E-state index < -0.39 is 6.10 Å². The number of aromatic nitrogens is 2. The highest BCUT2D eigenvalue weighted by molar-refractivity contribution is 5.95. The van der Waals surface area contributed by atoms with Crippen LogP contribution >= 0.6 is 0 Å². The Morgan fingerprint density at radius 3 is 2.52 bits per heavy atom. The van der Waals surface area contributed by atoms with Crippen LogP contribution in [-0.2, 0) is 6.42 Å². The van der Waals surface area contributed by atoms with Crippen molar-refractivity contribution in [2.75, 3.05) is 6.54 Å². The zero-order chi connectivity index (χ0) is 19.4. The van der Waals surface area contributed by atoms with Crippen LogP contribution in [0.1, 0.15) is 45.9 Å². The third-order valence-corrected chi connectivity index (χ3v) is 4.79. The standard InChI is InChI=1S/C22H25N3O2/c1-14-21(15(2)25-24-14)11-12-23-22(27)20-6-4-5-19(13-20)18-9-7-17(8-10-18)16(3)26/h4-10,13,16,26H,11-12H2,1-3H3,(H,23,27)(H,24,25)/t16-/m1/s1. The van der Waals surface area contributed by atoms with Crippen LogP contribution in [0.4, 0.5) is 0 Å². The average Bonchev–Trinajstić information content (AvgIpc) is 3.00. The number of hydrogen-bond donors (Lipinski definition) is 3. The number of aliphatic hydroxyl groups excluding tert-OH is 1. The molecule has 0 saturated carbocycles. The number of nitrogens with zero attached hydrogens (tertiary/aromatic N) is 1. The molecule has 0 aliphatic carbocycles. The molecule has 1 heterocycles. The van der Waals surface area contributed by atoms with Gasteiger partial charge in [-0.1, -0.05) is 36.4 Å². The summed E-state index contributed by atoms with van der Waals surface area (Å²) in [7, 11) is 0. The second-order valence-electron chi connectivity index (χ2n) is 6.80. The van der Waals surface area contributed by atoms with E-state index in [2.05, 4.69) is 15.5 Å². The van der Waals surface area contributed by atoms with Gasteiger partial charge in [0.2, 0.25) is 0 Å². The first kappa shape index (κ1) is 18.9. The molecule has 3 aromatic rings.